The predicted octanol–water partition coefficient (Wildman–Crippen LogP) is 4.71. The predicted molar refractivity (Wildman–Crippen MR) is 72.5 cm³/mol. The van der Waals surface area contributed by atoms with Crippen LogP contribution in [-0.2, 0) is 12.8 Å². The first-order valence-electron chi connectivity index (χ1n) is 6.26. The molecule has 0 unspecified atom stereocenters. The molecule has 1 heterocycles. The summed E-state index contributed by atoms with van der Waals surface area (Å²) in [5.74, 6) is 0. The van der Waals surface area contributed by atoms with Gasteiger partial charge in [-0.1, -0.05) is 38.1 Å². The number of hydrogen-bond acceptors (Lipinski definition) is 1. The Kier molecular flexibility index (Phi) is 2.40. The number of benzene rings is 2. The van der Waals surface area contributed by atoms with E-state index in [1.807, 2.05) is 0 Å². The Hall–Kier alpha value is -1.76. The van der Waals surface area contributed by atoms with E-state index in [1.54, 1.807) is 0 Å². The van der Waals surface area contributed by atoms with Gasteiger partial charge in [-0.3, -0.25) is 0 Å². The van der Waals surface area contributed by atoms with E-state index >= 15 is 0 Å². The zero-order valence-corrected chi connectivity index (χ0v) is 10.3. The fraction of sp³-hybridized carbons (Fsp3) is 0.250. The van der Waals surface area contributed by atoms with Gasteiger partial charge >= 0.3 is 0 Å². The minimum absolute atomic E-state index is 1.01. The van der Waals surface area contributed by atoms with Crippen LogP contribution < -0.4 is 0 Å². The Morgan fingerprint density at radius 3 is 2.59 bits per heavy atom. The van der Waals surface area contributed by atoms with Gasteiger partial charge in [-0.15, -0.1) is 0 Å². The number of aryl methyl sites for hydroxylation is 2. The minimum Gasteiger partial charge on any atom is -0.456 e. The van der Waals surface area contributed by atoms with E-state index in [1.165, 1.54) is 21.9 Å². The summed E-state index contributed by atoms with van der Waals surface area (Å²) in [7, 11) is 0. The van der Waals surface area contributed by atoms with Crippen molar-refractivity contribution in [2.75, 3.05) is 0 Å². The van der Waals surface area contributed by atoms with Gasteiger partial charge in [0.2, 0.25) is 0 Å². The summed E-state index contributed by atoms with van der Waals surface area (Å²) in [6.45, 7) is 4.36. The smallest absolute Gasteiger partial charge is 0.135 e. The van der Waals surface area contributed by atoms with E-state index in [2.05, 4.69) is 50.2 Å². The topological polar surface area (TPSA) is 13.1 Å². The average Bonchev–Trinajstić information content (AvgIpc) is 2.75. The van der Waals surface area contributed by atoms with E-state index in [0.717, 1.165) is 24.0 Å². The molecule has 1 nitrogen and oxygen atoms in total. The molecule has 0 aliphatic carbocycles. The Morgan fingerprint density at radius 1 is 0.941 bits per heavy atom. The van der Waals surface area contributed by atoms with Crippen LogP contribution in [0.2, 0.25) is 0 Å². The first-order chi connectivity index (χ1) is 8.33. The molecule has 0 radical (unpaired) electrons. The van der Waals surface area contributed by atoms with Gasteiger partial charge in [-0.05, 0) is 36.1 Å². The monoisotopic (exact) mass is 224 g/mol. The molecule has 0 aliphatic rings. The fourth-order valence-corrected chi connectivity index (χ4v) is 2.46. The first-order valence-corrected chi connectivity index (χ1v) is 6.26. The van der Waals surface area contributed by atoms with Crippen molar-refractivity contribution < 1.29 is 4.42 Å². The highest BCUT2D eigenvalue weighted by Gasteiger charge is 2.09. The fourth-order valence-electron chi connectivity index (χ4n) is 2.46. The molecule has 0 aliphatic heterocycles. The maximum atomic E-state index is 5.94. The third-order valence-corrected chi connectivity index (χ3v) is 3.44. The number of fused-ring (bicyclic) bond motifs is 3. The summed E-state index contributed by atoms with van der Waals surface area (Å²) >= 11 is 0. The minimum atomic E-state index is 1.01. The van der Waals surface area contributed by atoms with E-state index in [4.69, 9.17) is 4.42 Å². The quantitative estimate of drug-likeness (QED) is 0.614. The molecular formula is C16H16O. The third-order valence-electron chi connectivity index (χ3n) is 3.44. The summed E-state index contributed by atoms with van der Waals surface area (Å²) in [5.41, 5.74) is 4.72. The van der Waals surface area contributed by atoms with Crippen LogP contribution in [0.25, 0.3) is 21.9 Å². The molecule has 86 valence electrons. The normalized spacial score (nSPS) is 11.4. The van der Waals surface area contributed by atoms with Gasteiger partial charge in [0.15, 0.2) is 0 Å². The van der Waals surface area contributed by atoms with Crippen LogP contribution in [0, 0.1) is 0 Å². The molecule has 3 aromatic rings. The second-order valence-electron chi connectivity index (χ2n) is 4.43. The van der Waals surface area contributed by atoms with Gasteiger partial charge in [0.05, 0.1) is 0 Å². The molecule has 0 bridgehead atoms. The molecule has 0 spiro atoms. The second kappa shape index (κ2) is 3.92. The zero-order chi connectivity index (χ0) is 11.8. The molecule has 0 atom stereocenters. The van der Waals surface area contributed by atoms with Gasteiger partial charge in [-0.25, -0.2) is 0 Å². The third kappa shape index (κ3) is 1.54. The lowest BCUT2D eigenvalue weighted by atomic mass is 10.0. The number of hydrogen-bond donors (Lipinski definition) is 0. The van der Waals surface area contributed by atoms with Crippen molar-refractivity contribution in [3.05, 3.63) is 47.5 Å². The summed E-state index contributed by atoms with van der Waals surface area (Å²) in [5, 5.41) is 2.53. The average molecular weight is 224 g/mol. The van der Waals surface area contributed by atoms with Gasteiger partial charge in [0.1, 0.15) is 11.2 Å². The molecule has 17 heavy (non-hydrogen) atoms. The zero-order valence-electron chi connectivity index (χ0n) is 10.3. The SMILES string of the molecule is CCc1ccc2c(c1)oc1cccc(CC)c12. The van der Waals surface area contributed by atoms with Crippen LogP contribution in [0.3, 0.4) is 0 Å². The van der Waals surface area contributed by atoms with Crippen LogP contribution in [0.15, 0.2) is 40.8 Å². The van der Waals surface area contributed by atoms with Gasteiger partial charge in [0.25, 0.3) is 0 Å². The van der Waals surface area contributed by atoms with Crippen LogP contribution in [-0.4, -0.2) is 0 Å². The van der Waals surface area contributed by atoms with Crippen molar-refractivity contribution in [1.82, 2.24) is 0 Å². The highest BCUT2D eigenvalue weighted by atomic mass is 16.3. The molecule has 0 saturated heterocycles. The largest absolute Gasteiger partial charge is 0.456 e. The van der Waals surface area contributed by atoms with Crippen molar-refractivity contribution in [2.24, 2.45) is 0 Å². The Morgan fingerprint density at radius 2 is 1.82 bits per heavy atom. The van der Waals surface area contributed by atoms with Gasteiger partial charge < -0.3 is 4.42 Å². The van der Waals surface area contributed by atoms with Crippen LogP contribution in [0.1, 0.15) is 25.0 Å². The van der Waals surface area contributed by atoms with E-state index in [-0.39, 0.29) is 0 Å². The summed E-state index contributed by atoms with van der Waals surface area (Å²) in [4.78, 5) is 0. The first kappa shape index (κ1) is 10.4. The summed E-state index contributed by atoms with van der Waals surface area (Å²) in [6.07, 6.45) is 2.09. The maximum absolute atomic E-state index is 5.94. The van der Waals surface area contributed by atoms with Crippen LogP contribution in [0.5, 0.6) is 0 Å². The lowest BCUT2D eigenvalue weighted by molar-refractivity contribution is 0.668. The van der Waals surface area contributed by atoms with Gasteiger partial charge in [-0.2, -0.15) is 0 Å². The molecule has 2 aromatic carbocycles. The molecular weight excluding hydrogens is 208 g/mol. The molecule has 1 aromatic heterocycles. The van der Waals surface area contributed by atoms with E-state index in [9.17, 15) is 0 Å². The number of rotatable bonds is 2. The Balaban J connectivity index is 2.42. The summed E-state index contributed by atoms with van der Waals surface area (Å²) < 4.78 is 5.94. The van der Waals surface area contributed by atoms with Crippen molar-refractivity contribution >= 4 is 21.9 Å². The standard InChI is InChI=1S/C16H16O/c1-3-11-8-9-13-15(10-11)17-14-7-5-6-12(4-2)16(13)14/h5-10H,3-4H2,1-2H3. The Bertz CT molecular complexity index is 676. The van der Waals surface area contributed by atoms with Crippen LogP contribution >= 0.6 is 0 Å². The molecule has 0 amide bonds. The van der Waals surface area contributed by atoms with Gasteiger partial charge in [0, 0.05) is 10.8 Å². The van der Waals surface area contributed by atoms with E-state index in [0.29, 0.717) is 0 Å². The summed E-state index contributed by atoms with van der Waals surface area (Å²) in [6, 6.07) is 12.9. The molecule has 0 saturated carbocycles. The highest BCUT2D eigenvalue weighted by Crippen LogP contribution is 2.32. The van der Waals surface area contributed by atoms with Crippen molar-refractivity contribution in [3.8, 4) is 0 Å². The van der Waals surface area contributed by atoms with Crippen LogP contribution in [0.4, 0.5) is 0 Å². The van der Waals surface area contributed by atoms with Crippen molar-refractivity contribution in [3.63, 3.8) is 0 Å². The second-order valence-corrected chi connectivity index (χ2v) is 4.43. The number of furan rings is 1. The van der Waals surface area contributed by atoms with Crippen molar-refractivity contribution in [2.45, 2.75) is 26.7 Å². The maximum Gasteiger partial charge on any atom is 0.135 e. The molecule has 0 fully saturated rings. The molecule has 0 N–H and O–H groups in total. The molecule has 3 rings (SSSR count). The Labute approximate surface area is 101 Å². The van der Waals surface area contributed by atoms with Crippen molar-refractivity contribution in [1.29, 1.82) is 0 Å². The lowest BCUT2D eigenvalue weighted by Gasteiger charge is -1.98. The molecule has 1 heteroatoms. The van der Waals surface area contributed by atoms with E-state index < -0.39 is 0 Å². The lowest BCUT2D eigenvalue weighted by Crippen LogP contribution is -1.81. The highest BCUT2D eigenvalue weighted by molar-refractivity contribution is 6.06.